The first kappa shape index (κ1) is 18.4. The molecule has 0 bridgehead atoms. The van der Waals surface area contributed by atoms with Crippen LogP contribution in [-0.2, 0) is 17.8 Å². The molecule has 28 heavy (non-hydrogen) atoms. The number of nitrogens with zero attached hydrogens (tertiary/aromatic N) is 1. The van der Waals surface area contributed by atoms with Crippen LogP contribution in [0.1, 0.15) is 18.1 Å². The summed E-state index contributed by atoms with van der Waals surface area (Å²) in [7, 11) is 1.53. The Morgan fingerprint density at radius 3 is 2.75 bits per heavy atom. The minimum Gasteiger partial charge on any atom is -0.496 e. The van der Waals surface area contributed by atoms with Crippen molar-refractivity contribution in [3.63, 3.8) is 0 Å². The van der Waals surface area contributed by atoms with Crippen molar-refractivity contribution >= 4 is 23.5 Å². The molecule has 2 aliphatic rings. The number of benzene rings is 2. The maximum atomic E-state index is 13.1. The lowest BCUT2D eigenvalue weighted by atomic mass is 9.92. The Kier molecular flexibility index (Phi) is 4.55. The average Bonchev–Trinajstić information content (AvgIpc) is 3.20. The van der Waals surface area contributed by atoms with E-state index >= 15 is 0 Å². The van der Waals surface area contributed by atoms with Crippen molar-refractivity contribution in [2.45, 2.75) is 25.4 Å². The number of hydrogen-bond donors (Lipinski definition) is 1. The van der Waals surface area contributed by atoms with E-state index in [1.54, 1.807) is 31.2 Å². The first-order valence-electron chi connectivity index (χ1n) is 8.75. The number of rotatable bonds is 5. The quantitative estimate of drug-likeness (QED) is 0.777. The van der Waals surface area contributed by atoms with Crippen LogP contribution in [0.15, 0.2) is 36.4 Å². The van der Waals surface area contributed by atoms with Crippen molar-refractivity contribution in [1.29, 1.82) is 0 Å². The summed E-state index contributed by atoms with van der Waals surface area (Å²) in [5.41, 5.74) is 0.463. The number of fused-ring (bicyclic) bond motifs is 1. The number of nitrogens with one attached hydrogen (secondary N) is 1. The predicted octanol–water partition coefficient (Wildman–Crippen LogP) is 3.13. The second-order valence-electron chi connectivity index (χ2n) is 6.97. The van der Waals surface area contributed by atoms with Crippen LogP contribution >= 0.6 is 11.6 Å². The number of urea groups is 1. The second kappa shape index (κ2) is 6.91. The van der Waals surface area contributed by atoms with E-state index < -0.39 is 11.6 Å². The fourth-order valence-electron chi connectivity index (χ4n) is 3.51. The molecule has 0 saturated carbocycles. The van der Waals surface area contributed by atoms with Crippen LogP contribution in [0.25, 0.3) is 0 Å². The first-order valence-corrected chi connectivity index (χ1v) is 9.12. The van der Waals surface area contributed by atoms with Crippen molar-refractivity contribution in [1.82, 2.24) is 10.2 Å². The van der Waals surface area contributed by atoms with E-state index in [9.17, 15) is 9.59 Å². The lowest BCUT2D eigenvalue weighted by molar-refractivity contribution is -0.131. The highest BCUT2D eigenvalue weighted by Crippen LogP contribution is 2.34. The fourth-order valence-corrected chi connectivity index (χ4v) is 3.71. The third-order valence-electron chi connectivity index (χ3n) is 4.91. The Bertz CT molecular complexity index is 964. The highest BCUT2D eigenvalue weighted by atomic mass is 35.5. The largest absolute Gasteiger partial charge is 0.496 e. The van der Waals surface area contributed by atoms with Gasteiger partial charge in [-0.1, -0.05) is 17.7 Å². The molecule has 2 aromatic rings. The van der Waals surface area contributed by atoms with Gasteiger partial charge in [0.15, 0.2) is 11.5 Å². The Labute approximate surface area is 167 Å². The molecule has 0 radical (unpaired) electrons. The van der Waals surface area contributed by atoms with Crippen molar-refractivity contribution in [2.75, 3.05) is 13.9 Å². The first-order chi connectivity index (χ1) is 13.4. The van der Waals surface area contributed by atoms with Crippen LogP contribution in [0.4, 0.5) is 4.79 Å². The second-order valence-corrected chi connectivity index (χ2v) is 7.41. The number of imide groups is 1. The molecular weight excluding hydrogens is 384 g/mol. The molecule has 2 heterocycles. The maximum absolute atomic E-state index is 13.1. The van der Waals surface area contributed by atoms with Crippen molar-refractivity contribution < 1.29 is 23.8 Å². The monoisotopic (exact) mass is 402 g/mol. The zero-order chi connectivity index (χ0) is 19.9. The van der Waals surface area contributed by atoms with Gasteiger partial charge >= 0.3 is 6.03 Å². The number of halogens is 1. The van der Waals surface area contributed by atoms with Gasteiger partial charge < -0.3 is 19.5 Å². The molecule has 4 rings (SSSR count). The SMILES string of the molecule is COc1ccc(Cl)cc1CN1C(=O)NC(C)(Cc2ccc3c(c2)OCO3)C1=O. The van der Waals surface area contributed by atoms with Gasteiger partial charge in [-0.05, 0) is 42.8 Å². The molecule has 1 saturated heterocycles. The molecular formula is C20H19ClN2O5. The van der Waals surface area contributed by atoms with E-state index in [1.165, 1.54) is 12.0 Å². The van der Waals surface area contributed by atoms with Gasteiger partial charge in [0.2, 0.25) is 6.79 Å². The van der Waals surface area contributed by atoms with Crippen LogP contribution in [-0.4, -0.2) is 36.3 Å². The molecule has 1 fully saturated rings. The number of carbonyl (C=O) groups is 2. The molecule has 8 heteroatoms. The molecule has 1 atom stereocenters. The Balaban J connectivity index is 1.55. The minimum atomic E-state index is -1.06. The molecule has 0 spiro atoms. The van der Waals surface area contributed by atoms with Crippen LogP contribution in [0.2, 0.25) is 5.02 Å². The van der Waals surface area contributed by atoms with Crippen LogP contribution < -0.4 is 19.5 Å². The smallest absolute Gasteiger partial charge is 0.325 e. The normalized spacial score (nSPS) is 20.5. The zero-order valence-corrected chi connectivity index (χ0v) is 16.2. The zero-order valence-electron chi connectivity index (χ0n) is 15.5. The van der Waals surface area contributed by atoms with Crippen LogP contribution in [0, 0.1) is 0 Å². The number of hydrogen-bond acceptors (Lipinski definition) is 5. The third-order valence-corrected chi connectivity index (χ3v) is 5.15. The van der Waals surface area contributed by atoms with Crippen molar-refractivity contribution in [2.24, 2.45) is 0 Å². The van der Waals surface area contributed by atoms with Gasteiger partial charge in [-0.3, -0.25) is 9.69 Å². The molecule has 1 unspecified atom stereocenters. The van der Waals surface area contributed by atoms with Crippen molar-refractivity contribution in [3.8, 4) is 17.2 Å². The molecule has 0 aliphatic carbocycles. The van der Waals surface area contributed by atoms with E-state index in [0.717, 1.165) is 5.56 Å². The summed E-state index contributed by atoms with van der Waals surface area (Å²) in [5.74, 6) is 1.57. The average molecular weight is 403 g/mol. The number of carbonyl (C=O) groups excluding carboxylic acids is 2. The maximum Gasteiger partial charge on any atom is 0.325 e. The van der Waals surface area contributed by atoms with E-state index in [1.807, 2.05) is 12.1 Å². The van der Waals surface area contributed by atoms with E-state index in [4.69, 9.17) is 25.8 Å². The minimum absolute atomic E-state index is 0.0745. The molecule has 1 N–H and O–H groups in total. The van der Waals surface area contributed by atoms with E-state index in [-0.39, 0.29) is 19.2 Å². The van der Waals surface area contributed by atoms with E-state index in [0.29, 0.717) is 34.3 Å². The molecule has 0 aromatic heterocycles. The van der Waals surface area contributed by atoms with Gasteiger partial charge in [0.05, 0.1) is 13.7 Å². The topological polar surface area (TPSA) is 77.1 Å². The third kappa shape index (κ3) is 3.22. The van der Waals surface area contributed by atoms with Gasteiger partial charge in [-0.25, -0.2) is 4.79 Å². The molecule has 7 nitrogen and oxygen atoms in total. The van der Waals surface area contributed by atoms with E-state index in [2.05, 4.69) is 5.32 Å². The lowest BCUT2D eigenvalue weighted by Crippen LogP contribution is -2.45. The van der Waals surface area contributed by atoms with Crippen molar-refractivity contribution in [3.05, 3.63) is 52.5 Å². The molecule has 146 valence electrons. The fraction of sp³-hybridized carbons (Fsp3) is 0.300. The van der Waals surface area contributed by atoms with Crippen LogP contribution in [0.3, 0.4) is 0 Å². The summed E-state index contributed by atoms with van der Waals surface area (Å²) in [6, 6.07) is 10.1. The van der Waals surface area contributed by atoms with Gasteiger partial charge in [0.1, 0.15) is 11.3 Å². The van der Waals surface area contributed by atoms with Gasteiger partial charge in [-0.2, -0.15) is 0 Å². The lowest BCUT2D eigenvalue weighted by Gasteiger charge is -2.22. The number of ether oxygens (including phenoxy) is 3. The predicted molar refractivity (Wildman–Crippen MR) is 102 cm³/mol. The van der Waals surface area contributed by atoms with Gasteiger partial charge in [0.25, 0.3) is 5.91 Å². The summed E-state index contributed by atoms with van der Waals surface area (Å²) < 4.78 is 16.0. The Morgan fingerprint density at radius 2 is 1.96 bits per heavy atom. The standard InChI is InChI=1S/C20H19ClN2O5/c1-20(9-12-3-5-16-17(7-12)28-11-27-16)18(24)23(19(25)22-20)10-13-8-14(21)4-6-15(13)26-2/h3-8H,9-11H2,1-2H3,(H,22,25). The van der Waals surface area contributed by atoms with Crippen LogP contribution in [0.5, 0.6) is 17.2 Å². The number of amides is 3. The highest BCUT2D eigenvalue weighted by molar-refractivity contribution is 6.30. The Morgan fingerprint density at radius 1 is 1.18 bits per heavy atom. The molecule has 3 amide bonds. The van der Waals surface area contributed by atoms with Gasteiger partial charge in [-0.15, -0.1) is 0 Å². The summed E-state index contributed by atoms with van der Waals surface area (Å²) >= 11 is 6.06. The Hall–Kier alpha value is -2.93. The number of methoxy groups -OCH3 is 1. The highest BCUT2D eigenvalue weighted by Gasteiger charge is 2.47. The summed E-state index contributed by atoms with van der Waals surface area (Å²) in [5, 5.41) is 3.32. The molecule has 2 aromatic carbocycles. The van der Waals surface area contributed by atoms with Gasteiger partial charge in [0, 0.05) is 17.0 Å². The summed E-state index contributed by atoms with van der Waals surface area (Å²) in [6.45, 7) is 1.97. The molecule has 2 aliphatic heterocycles. The summed E-state index contributed by atoms with van der Waals surface area (Å²) in [4.78, 5) is 26.8. The summed E-state index contributed by atoms with van der Waals surface area (Å²) in [6.07, 6.45) is 0.331.